The molecule has 1 heterocycles. The summed E-state index contributed by atoms with van der Waals surface area (Å²) in [6.45, 7) is 1.99. The van der Waals surface area contributed by atoms with Crippen molar-refractivity contribution < 1.29 is 14.3 Å². The number of thioether (sulfide) groups is 2. The Balaban J connectivity index is 1.50. The molecule has 1 saturated heterocycles. The number of hydrogen-bond donors (Lipinski definition) is 1. The maximum absolute atomic E-state index is 13.1. The Morgan fingerprint density at radius 2 is 1.67 bits per heavy atom. The third kappa shape index (κ3) is 3.44. The highest BCUT2D eigenvalue weighted by Gasteiger charge is 2.55. The molecule has 6 heteroatoms. The zero-order valence-electron chi connectivity index (χ0n) is 16.4. The number of hydrogen-bond acceptors (Lipinski definition) is 5. The van der Waals surface area contributed by atoms with Gasteiger partial charge >= 0.3 is 0 Å². The summed E-state index contributed by atoms with van der Waals surface area (Å²) in [6, 6.07) is 3.80. The molecule has 0 aromatic heterocycles. The highest BCUT2D eigenvalue weighted by molar-refractivity contribution is 8.21. The monoisotopic (exact) mass is 407 g/mol. The lowest BCUT2D eigenvalue weighted by Crippen LogP contribution is -2.48. The number of methoxy groups -OCH3 is 2. The highest BCUT2D eigenvalue weighted by atomic mass is 32.2. The molecule has 1 aliphatic heterocycles. The van der Waals surface area contributed by atoms with Crippen molar-refractivity contribution in [2.75, 3.05) is 31.0 Å². The van der Waals surface area contributed by atoms with E-state index in [1.165, 1.54) is 30.8 Å². The van der Waals surface area contributed by atoms with Crippen LogP contribution in [0.15, 0.2) is 12.1 Å². The Labute approximate surface area is 170 Å². The first-order valence-electron chi connectivity index (χ1n) is 9.88. The zero-order chi connectivity index (χ0) is 19.0. The molecule has 1 spiro atoms. The van der Waals surface area contributed by atoms with Crippen molar-refractivity contribution >= 4 is 35.1 Å². The van der Waals surface area contributed by atoms with Gasteiger partial charge in [-0.1, -0.05) is 6.42 Å². The number of carbonyl (C=O) groups excluding carboxylic acids is 1. The van der Waals surface area contributed by atoms with E-state index in [1.54, 1.807) is 14.2 Å². The van der Waals surface area contributed by atoms with E-state index < -0.39 is 0 Å². The van der Waals surface area contributed by atoms with Crippen LogP contribution in [0.3, 0.4) is 0 Å². The van der Waals surface area contributed by atoms with Gasteiger partial charge in [0, 0.05) is 29.2 Å². The molecule has 1 unspecified atom stereocenters. The molecule has 1 amide bonds. The molecule has 2 bridgehead atoms. The van der Waals surface area contributed by atoms with Gasteiger partial charge in [-0.05, 0) is 56.1 Å². The van der Waals surface area contributed by atoms with E-state index in [4.69, 9.17) is 9.47 Å². The van der Waals surface area contributed by atoms with Gasteiger partial charge in [0.2, 0.25) is 5.91 Å². The number of benzene rings is 1. The second-order valence-electron chi connectivity index (χ2n) is 7.92. The van der Waals surface area contributed by atoms with Gasteiger partial charge in [-0.2, -0.15) is 0 Å². The van der Waals surface area contributed by atoms with Gasteiger partial charge in [0.25, 0.3) is 0 Å². The van der Waals surface area contributed by atoms with E-state index >= 15 is 0 Å². The van der Waals surface area contributed by atoms with E-state index in [-0.39, 0.29) is 11.8 Å². The molecular weight excluding hydrogens is 378 g/mol. The molecule has 1 N–H and O–H groups in total. The molecule has 1 aromatic rings. The maximum Gasteiger partial charge on any atom is 0.227 e. The standard InChI is InChI=1S/C21H29NO3S2/c1-13-9-18(24-2)19(25-3)12-17(13)22-20(23)14-10-15-5-4-6-16(11-14)21(15)26-7-8-27-21/h9,12,14-16H,4-8,10-11H2,1-3H3,(H,22,23)/t14?,15-,16+. The van der Waals surface area contributed by atoms with Crippen LogP contribution < -0.4 is 14.8 Å². The second-order valence-corrected chi connectivity index (χ2v) is 10.9. The van der Waals surface area contributed by atoms with Crippen LogP contribution in [0.4, 0.5) is 5.69 Å². The molecule has 4 rings (SSSR count). The van der Waals surface area contributed by atoms with E-state index in [0.29, 0.717) is 27.4 Å². The van der Waals surface area contributed by atoms with Crippen molar-refractivity contribution in [3.8, 4) is 11.5 Å². The smallest absolute Gasteiger partial charge is 0.227 e. The lowest BCUT2D eigenvalue weighted by atomic mass is 9.67. The first-order valence-corrected chi connectivity index (χ1v) is 11.9. The molecule has 2 saturated carbocycles. The summed E-state index contributed by atoms with van der Waals surface area (Å²) >= 11 is 4.38. The average Bonchev–Trinajstić information content (AvgIpc) is 3.12. The summed E-state index contributed by atoms with van der Waals surface area (Å²) in [6.07, 6.45) is 5.98. The van der Waals surface area contributed by atoms with Crippen molar-refractivity contribution in [3.05, 3.63) is 17.7 Å². The third-order valence-corrected chi connectivity index (χ3v) is 10.5. The summed E-state index contributed by atoms with van der Waals surface area (Å²) in [5.41, 5.74) is 1.82. The molecule has 1 aromatic carbocycles. The van der Waals surface area contributed by atoms with E-state index in [9.17, 15) is 4.79 Å². The average molecular weight is 408 g/mol. The number of amides is 1. The topological polar surface area (TPSA) is 47.6 Å². The van der Waals surface area contributed by atoms with Crippen LogP contribution >= 0.6 is 23.5 Å². The summed E-state index contributed by atoms with van der Waals surface area (Å²) in [7, 11) is 3.25. The lowest BCUT2D eigenvalue weighted by Gasteiger charge is -2.52. The Morgan fingerprint density at radius 1 is 1.07 bits per heavy atom. The summed E-state index contributed by atoms with van der Waals surface area (Å²) < 4.78 is 11.2. The first kappa shape index (κ1) is 19.3. The van der Waals surface area contributed by atoms with Gasteiger partial charge in [0.15, 0.2) is 11.5 Å². The van der Waals surface area contributed by atoms with Gasteiger partial charge < -0.3 is 14.8 Å². The minimum atomic E-state index is 0.125. The van der Waals surface area contributed by atoms with Crippen LogP contribution in [-0.4, -0.2) is 35.7 Å². The normalized spacial score (nSPS) is 28.8. The first-order chi connectivity index (χ1) is 13.1. The second kappa shape index (κ2) is 7.78. The van der Waals surface area contributed by atoms with Crippen LogP contribution in [0.2, 0.25) is 0 Å². The fourth-order valence-corrected chi connectivity index (χ4v) is 9.11. The van der Waals surface area contributed by atoms with Gasteiger partial charge in [0.05, 0.1) is 18.3 Å². The van der Waals surface area contributed by atoms with Crippen molar-refractivity contribution in [3.63, 3.8) is 0 Å². The number of anilines is 1. The molecule has 3 aliphatic rings. The van der Waals surface area contributed by atoms with Gasteiger partial charge in [-0.3, -0.25) is 4.79 Å². The van der Waals surface area contributed by atoms with Gasteiger partial charge in [0.1, 0.15) is 0 Å². The number of nitrogens with one attached hydrogen (secondary N) is 1. The van der Waals surface area contributed by atoms with Crippen LogP contribution in [0, 0.1) is 24.7 Å². The minimum Gasteiger partial charge on any atom is -0.493 e. The highest BCUT2D eigenvalue weighted by Crippen LogP contribution is 2.64. The number of ether oxygens (including phenoxy) is 2. The van der Waals surface area contributed by atoms with Crippen molar-refractivity contribution in [2.24, 2.45) is 17.8 Å². The molecule has 2 aliphatic carbocycles. The van der Waals surface area contributed by atoms with Crippen molar-refractivity contribution in [1.82, 2.24) is 0 Å². The van der Waals surface area contributed by atoms with E-state index in [2.05, 4.69) is 28.8 Å². The van der Waals surface area contributed by atoms with E-state index in [1.807, 2.05) is 19.1 Å². The SMILES string of the molecule is COc1cc(C)c(NC(=O)C2C[C@H]3CCC[C@@H](C2)C32SCCS2)cc1OC. The Kier molecular flexibility index (Phi) is 5.57. The quantitative estimate of drug-likeness (QED) is 0.765. The predicted molar refractivity (Wildman–Crippen MR) is 114 cm³/mol. The summed E-state index contributed by atoms with van der Waals surface area (Å²) in [4.78, 5) is 13.1. The molecule has 3 atom stereocenters. The number of carbonyl (C=O) groups is 1. The van der Waals surface area contributed by atoms with Crippen LogP contribution in [-0.2, 0) is 4.79 Å². The molecule has 0 radical (unpaired) electrons. The molecule has 148 valence electrons. The lowest BCUT2D eigenvalue weighted by molar-refractivity contribution is -0.122. The Bertz CT molecular complexity index is 702. The van der Waals surface area contributed by atoms with Gasteiger partial charge in [-0.15, -0.1) is 23.5 Å². The van der Waals surface area contributed by atoms with Crippen LogP contribution in [0.1, 0.15) is 37.7 Å². The molecular formula is C21H29NO3S2. The van der Waals surface area contributed by atoms with Crippen molar-refractivity contribution in [1.29, 1.82) is 0 Å². The molecule has 4 nitrogen and oxygen atoms in total. The fraction of sp³-hybridized carbons (Fsp3) is 0.667. The van der Waals surface area contributed by atoms with E-state index in [0.717, 1.165) is 24.1 Å². The fourth-order valence-electron chi connectivity index (χ4n) is 5.17. The largest absolute Gasteiger partial charge is 0.493 e. The Hall–Kier alpha value is -1.01. The number of aryl methyl sites for hydroxylation is 1. The van der Waals surface area contributed by atoms with Crippen molar-refractivity contribution in [2.45, 2.75) is 43.1 Å². The third-order valence-electron chi connectivity index (χ3n) is 6.48. The molecule has 3 fully saturated rings. The minimum absolute atomic E-state index is 0.125. The van der Waals surface area contributed by atoms with Crippen LogP contribution in [0.25, 0.3) is 0 Å². The molecule has 27 heavy (non-hydrogen) atoms. The summed E-state index contributed by atoms with van der Waals surface area (Å²) in [5, 5.41) is 3.19. The number of rotatable bonds is 4. The maximum atomic E-state index is 13.1. The summed E-state index contributed by atoms with van der Waals surface area (Å²) in [5.74, 6) is 5.56. The van der Waals surface area contributed by atoms with Gasteiger partial charge in [-0.25, -0.2) is 0 Å². The zero-order valence-corrected chi connectivity index (χ0v) is 18.0. The van der Waals surface area contributed by atoms with Crippen LogP contribution in [0.5, 0.6) is 11.5 Å². The Morgan fingerprint density at radius 3 is 2.26 bits per heavy atom. The predicted octanol–water partition coefficient (Wildman–Crippen LogP) is 4.95.